The van der Waals surface area contributed by atoms with Gasteiger partial charge in [-0.3, -0.25) is 4.79 Å². The molecule has 0 radical (unpaired) electrons. The zero-order chi connectivity index (χ0) is 17.2. The molecule has 1 amide bonds. The van der Waals surface area contributed by atoms with Gasteiger partial charge < -0.3 is 14.8 Å². The van der Waals surface area contributed by atoms with Gasteiger partial charge in [0.15, 0.2) is 11.5 Å². The molecule has 1 aromatic heterocycles. The number of para-hydroxylation sites is 1. The van der Waals surface area contributed by atoms with Crippen molar-refractivity contribution in [1.82, 2.24) is 20.3 Å². The van der Waals surface area contributed by atoms with E-state index in [-0.39, 0.29) is 19.2 Å². The van der Waals surface area contributed by atoms with Crippen molar-refractivity contribution in [2.45, 2.75) is 6.54 Å². The van der Waals surface area contributed by atoms with Crippen LogP contribution in [-0.2, 0) is 6.54 Å². The standard InChI is InChI=1S/C17H13FN4O3/c18-13-3-1-2-4-14(13)22-9-12(20-21-22)8-19-17(23)11-5-6-15-16(7-11)25-10-24-15/h1-7,9H,8,10H2,(H,19,23). The minimum atomic E-state index is -0.400. The fourth-order valence-electron chi connectivity index (χ4n) is 2.45. The Morgan fingerprint density at radius 3 is 2.92 bits per heavy atom. The van der Waals surface area contributed by atoms with E-state index in [1.165, 1.54) is 10.7 Å². The lowest BCUT2D eigenvalue weighted by atomic mass is 10.2. The largest absolute Gasteiger partial charge is 0.454 e. The molecule has 1 aliphatic heterocycles. The number of halogens is 1. The second-order valence-corrected chi connectivity index (χ2v) is 5.36. The van der Waals surface area contributed by atoms with E-state index in [0.717, 1.165) is 0 Å². The summed E-state index contributed by atoms with van der Waals surface area (Å²) in [5.74, 6) is 0.476. The van der Waals surface area contributed by atoms with Gasteiger partial charge in [-0.25, -0.2) is 9.07 Å². The number of rotatable bonds is 4. The van der Waals surface area contributed by atoms with Crippen LogP contribution in [0.15, 0.2) is 48.7 Å². The molecule has 0 saturated carbocycles. The third-order valence-electron chi connectivity index (χ3n) is 3.70. The predicted octanol–water partition coefficient (Wildman–Crippen LogP) is 2.07. The van der Waals surface area contributed by atoms with E-state index in [1.807, 2.05) is 0 Å². The molecule has 0 spiro atoms. The average Bonchev–Trinajstić information content (AvgIpc) is 3.28. The number of ether oxygens (including phenoxy) is 2. The molecule has 0 unspecified atom stereocenters. The summed E-state index contributed by atoms with van der Waals surface area (Å²) in [5, 5.41) is 10.6. The Hall–Kier alpha value is -3.42. The molecule has 0 fully saturated rings. The SMILES string of the molecule is O=C(NCc1cn(-c2ccccc2F)nn1)c1ccc2c(c1)OCO2. The van der Waals surface area contributed by atoms with E-state index in [4.69, 9.17) is 9.47 Å². The van der Waals surface area contributed by atoms with Gasteiger partial charge in [0.25, 0.3) is 5.91 Å². The van der Waals surface area contributed by atoms with Crippen molar-refractivity contribution in [2.24, 2.45) is 0 Å². The highest BCUT2D eigenvalue weighted by Crippen LogP contribution is 2.32. The minimum absolute atomic E-state index is 0.152. The average molecular weight is 340 g/mol. The van der Waals surface area contributed by atoms with Gasteiger partial charge in [0.2, 0.25) is 6.79 Å². The van der Waals surface area contributed by atoms with Crippen molar-refractivity contribution in [3.63, 3.8) is 0 Å². The van der Waals surface area contributed by atoms with Crippen LogP contribution < -0.4 is 14.8 Å². The van der Waals surface area contributed by atoms with Gasteiger partial charge in [0.1, 0.15) is 17.2 Å². The first-order valence-corrected chi connectivity index (χ1v) is 7.55. The highest BCUT2D eigenvalue weighted by Gasteiger charge is 2.16. The predicted molar refractivity (Wildman–Crippen MR) is 85.1 cm³/mol. The first-order valence-electron chi connectivity index (χ1n) is 7.55. The number of nitrogens with zero attached hydrogens (tertiary/aromatic N) is 3. The van der Waals surface area contributed by atoms with Crippen LogP contribution in [0.2, 0.25) is 0 Å². The molecule has 1 N–H and O–H groups in total. The normalized spacial score (nSPS) is 12.2. The van der Waals surface area contributed by atoms with E-state index in [0.29, 0.717) is 28.4 Å². The summed E-state index contributed by atoms with van der Waals surface area (Å²) in [6, 6.07) is 11.2. The summed E-state index contributed by atoms with van der Waals surface area (Å²) in [5.41, 5.74) is 1.26. The molecule has 0 atom stereocenters. The Balaban J connectivity index is 1.43. The number of benzene rings is 2. The molecule has 8 heteroatoms. The highest BCUT2D eigenvalue weighted by molar-refractivity contribution is 5.94. The summed E-state index contributed by atoms with van der Waals surface area (Å²) >= 11 is 0. The second-order valence-electron chi connectivity index (χ2n) is 5.36. The van der Waals surface area contributed by atoms with Crippen molar-refractivity contribution in [3.8, 4) is 17.2 Å². The van der Waals surface area contributed by atoms with Crippen molar-refractivity contribution >= 4 is 5.91 Å². The topological polar surface area (TPSA) is 78.3 Å². The minimum Gasteiger partial charge on any atom is -0.454 e. The second kappa shape index (κ2) is 6.23. The molecule has 7 nitrogen and oxygen atoms in total. The Kier molecular flexibility index (Phi) is 3.77. The van der Waals surface area contributed by atoms with Crippen LogP contribution in [0.1, 0.15) is 16.1 Å². The fourth-order valence-corrected chi connectivity index (χ4v) is 2.45. The lowest BCUT2D eigenvalue weighted by molar-refractivity contribution is 0.0950. The molecule has 25 heavy (non-hydrogen) atoms. The quantitative estimate of drug-likeness (QED) is 0.787. The molecular formula is C17H13FN4O3. The van der Waals surface area contributed by atoms with Gasteiger partial charge in [-0.2, -0.15) is 0 Å². The van der Waals surface area contributed by atoms with Crippen LogP contribution >= 0.6 is 0 Å². The first kappa shape index (κ1) is 15.1. The van der Waals surface area contributed by atoms with Gasteiger partial charge in [0.05, 0.1) is 12.7 Å². The van der Waals surface area contributed by atoms with Crippen LogP contribution in [0.3, 0.4) is 0 Å². The highest BCUT2D eigenvalue weighted by atomic mass is 19.1. The number of amides is 1. The molecule has 2 heterocycles. The number of fused-ring (bicyclic) bond motifs is 1. The lowest BCUT2D eigenvalue weighted by Gasteiger charge is -2.04. The van der Waals surface area contributed by atoms with Crippen molar-refractivity contribution in [2.75, 3.05) is 6.79 Å². The third-order valence-corrected chi connectivity index (χ3v) is 3.70. The molecular weight excluding hydrogens is 327 g/mol. The van der Waals surface area contributed by atoms with Gasteiger partial charge in [-0.1, -0.05) is 17.3 Å². The van der Waals surface area contributed by atoms with E-state index >= 15 is 0 Å². The van der Waals surface area contributed by atoms with Gasteiger partial charge in [-0.05, 0) is 30.3 Å². The smallest absolute Gasteiger partial charge is 0.251 e. The third kappa shape index (κ3) is 3.01. The number of nitrogens with one attached hydrogen (secondary N) is 1. The maximum absolute atomic E-state index is 13.7. The maximum atomic E-state index is 13.7. The Morgan fingerprint density at radius 2 is 2.04 bits per heavy atom. The van der Waals surface area contributed by atoms with Gasteiger partial charge >= 0.3 is 0 Å². The van der Waals surface area contributed by atoms with Gasteiger partial charge in [0, 0.05) is 5.56 Å². The Labute approximate surface area is 142 Å². The summed E-state index contributed by atoms with van der Waals surface area (Å²) in [6.07, 6.45) is 1.57. The van der Waals surface area contributed by atoms with Crippen LogP contribution in [0.25, 0.3) is 5.69 Å². The fraction of sp³-hybridized carbons (Fsp3) is 0.118. The number of aromatic nitrogens is 3. The number of carbonyl (C=O) groups is 1. The Bertz CT molecular complexity index is 941. The summed E-state index contributed by atoms with van der Waals surface area (Å²) in [7, 11) is 0. The van der Waals surface area contributed by atoms with E-state index in [1.54, 1.807) is 42.6 Å². The van der Waals surface area contributed by atoms with E-state index in [2.05, 4.69) is 15.6 Å². The molecule has 3 aromatic rings. The van der Waals surface area contributed by atoms with Crippen molar-refractivity contribution in [1.29, 1.82) is 0 Å². The number of hydrogen-bond acceptors (Lipinski definition) is 5. The van der Waals surface area contributed by atoms with Crippen LogP contribution in [0.5, 0.6) is 11.5 Å². The zero-order valence-corrected chi connectivity index (χ0v) is 13.0. The molecule has 0 bridgehead atoms. The first-order chi connectivity index (χ1) is 12.2. The molecule has 126 valence electrons. The molecule has 2 aromatic carbocycles. The van der Waals surface area contributed by atoms with E-state index < -0.39 is 5.82 Å². The maximum Gasteiger partial charge on any atom is 0.251 e. The number of hydrogen-bond donors (Lipinski definition) is 1. The lowest BCUT2D eigenvalue weighted by Crippen LogP contribution is -2.22. The zero-order valence-electron chi connectivity index (χ0n) is 13.0. The van der Waals surface area contributed by atoms with Crippen LogP contribution in [0.4, 0.5) is 4.39 Å². The van der Waals surface area contributed by atoms with Crippen LogP contribution in [0, 0.1) is 5.82 Å². The van der Waals surface area contributed by atoms with Crippen molar-refractivity contribution in [3.05, 3.63) is 65.7 Å². The summed E-state index contributed by atoms with van der Waals surface area (Å²) in [6.45, 7) is 0.321. The summed E-state index contributed by atoms with van der Waals surface area (Å²) < 4.78 is 25.5. The molecule has 4 rings (SSSR count). The monoisotopic (exact) mass is 340 g/mol. The molecule has 0 aliphatic carbocycles. The molecule has 0 saturated heterocycles. The number of carbonyl (C=O) groups excluding carboxylic acids is 1. The van der Waals surface area contributed by atoms with Gasteiger partial charge in [-0.15, -0.1) is 5.10 Å². The van der Waals surface area contributed by atoms with E-state index in [9.17, 15) is 9.18 Å². The van der Waals surface area contributed by atoms with Crippen LogP contribution in [-0.4, -0.2) is 27.7 Å². The van der Waals surface area contributed by atoms with Crippen molar-refractivity contribution < 1.29 is 18.7 Å². The Morgan fingerprint density at radius 1 is 1.20 bits per heavy atom. The summed E-state index contributed by atoms with van der Waals surface area (Å²) in [4.78, 5) is 12.2. The molecule has 1 aliphatic rings.